The van der Waals surface area contributed by atoms with Gasteiger partial charge in [-0.25, -0.2) is 4.39 Å². The molecule has 2 unspecified atom stereocenters. The monoisotopic (exact) mass is 279 g/mol. The third kappa shape index (κ3) is 3.87. The summed E-state index contributed by atoms with van der Waals surface area (Å²) >= 11 is 0. The normalized spacial score (nSPS) is 23.0. The van der Waals surface area contributed by atoms with E-state index in [0.29, 0.717) is 18.5 Å². The number of hydrogen-bond donors (Lipinski definition) is 1. The van der Waals surface area contributed by atoms with Crippen molar-refractivity contribution in [1.29, 1.82) is 0 Å². The minimum atomic E-state index is -0.330. The first-order valence-electron chi connectivity index (χ1n) is 7.25. The largest absolute Gasteiger partial charge is 0.391 e. The van der Waals surface area contributed by atoms with Crippen LogP contribution in [0.15, 0.2) is 24.3 Å². The first-order valence-corrected chi connectivity index (χ1v) is 7.25. The van der Waals surface area contributed by atoms with Crippen molar-refractivity contribution in [2.75, 3.05) is 13.6 Å². The molecule has 0 radical (unpaired) electrons. The molecule has 1 aromatic carbocycles. The summed E-state index contributed by atoms with van der Waals surface area (Å²) in [6.45, 7) is 0.623. The number of carbonyl (C=O) groups is 1. The predicted octanol–water partition coefficient (Wildman–Crippen LogP) is 2.63. The van der Waals surface area contributed by atoms with Crippen LogP contribution in [0, 0.1) is 5.82 Å². The molecule has 0 aliphatic heterocycles. The van der Waals surface area contributed by atoms with Crippen molar-refractivity contribution in [3.05, 3.63) is 35.6 Å². The van der Waals surface area contributed by atoms with Crippen LogP contribution in [-0.4, -0.2) is 41.5 Å². The highest BCUT2D eigenvalue weighted by atomic mass is 19.1. The number of hydrogen-bond acceptors (Lipinski definition) is 3. The molecule has 0 spiro atoms. The maximum absolute atomic E-state index is 12.8. The number of aliphatic hydroxyl groups is 1. The van der Waals surface area contributed by atoms with Crippen molar-refractivity contribution in [3.63, 3.8) is 0 Å². The molecule has 110 valence electrons. The van der Waals surface area contributed by atoms with Gasteiger partial charge in [0, 0.05) is 24.6 Å². The summed E-state index contributed by atoms with van der Waals surface area (Å²) in [5, 5.41) is 9.98. The summed E-state index contributed by atoms with van der Waals surface area (Å²) in [5.74, 6) is -0.314. The van der Waals surface area contributed by atoms with Crippen LogP contribution in [0.2, 0.25) is 0 Å². The van der Waals surface area contributed by atoms with E-state index in [0.717, 1.165) is 25.7 Å². The van der Waals surface area contributed by atoms with Gasteiger partial charge in [0.15, 0.2) is 5.78 Å². The predicted molar refractivity (Wildman–Crippen MR) is 76.2 cm³/mol. The average molecular weight is 279 g/mol. The number of nitrogens with zero attached hydrogens (tertiary/aromatic N) is 1. The van der Waals surface area contributed by atoms with E-state index in [1.54, 1.807) is 0 Å². The molecule has 0 heterocycles. The van der Waals surface area contributed by atoms with Gasteiger partial charge in [0.25, 0.3) is 0 Å². The van der Waals surface area contributed by atoms with Crippen molar-refractivity contribution in [3.8, 4) is 0 Å². The number of rotatable bonds is 5. The molecule has 0 bridgehead atoms. The Morgan fingerprint density at radius 3 is 2.60 bits per heavy atom. The molecule has 4 heteroatoms. The fourth-order valence-corrected chi connectivity index (χ4v) is 2.83. The van der Waals surface area contributed by atoms with Gasteiger partial charge in [-0.15, -0.1) is 0 Å². The minimum absolute atomic E-state index is 0.0159. The molecule has 1 aromatic rings. The molecule has 0 amide bonds. The number of ketones is 1. The fourth-order valence-electron chi connectivity index (χ4n) is 2.83. The molecule has 1 aliphatic carbocycles. The van der Waals surface area contributed by atoms with Crippen molar-refractivity contribution >= 4 is 5.78 Å². The molecule has 2 atom stereocenters. The summed E-state index contributed by atoms with van der Waals surface area (Å²) in [5.41, 5.74) is 0.545. The van der Waals surface area contributed by atoms with E-state index >= 15 is 0 Å². The molecule has 2 rings (SSSR count). The molecular formula is C16H22FNO2. The molecule has 1 aliphatic rings. The van der Waals surface area contributed by atoms with E-state index in [1.807, 2.05) is 7.05 Å². The van der Waals surface area contributed by atoms with Crippen LogP contribution in [-0.2, 0) is 0 Å². The van der Waals surface area contributed by atoms with Gasteiger partial charge in [-0.2, -0.15) is 0 Å². The Labute approximate surface area is 119 Å². The maximum Gasteiger partial charge on any atom is 0.164 e. The maximum atomic E-state index is 12.8. The number of likely N-dealkylation sites (N-methyl/N-ethyl adjacent to an activating group) is 1. The van der Waals surface area contributed by atoms with Gasteiger partial charge < -0.3 is 10.0 Å². The van der Waals surface area contributed by atoms with Gasteiger partial charge in [0.2, 0.25) is 0 Å². The van der Waals surface area contributed by atoms with Crippen molar-refractivity contribution in [2.24, 2.45) is 0 Å². The second-order valence-electron chi connectivity index (χ2n) is 5.58. The van der Waals surface area contributed by atoms with Gasteiger partial charge in [-0.1, -0.05) is 12.8 Å². The van der Waals surface area contributed by atoms with Crippen molar-refractivity contribution in [2.45, 2.75) is 44.2 Å². The smallest absolute Gasteiger partial charge is 0.164 e. The molecule has 0 saturated heterocycles. The summed E-state index contributed by atoms with van der Waals surface area (Å²) in [7, 11) is 1.96. The molecule has 1 N–H and O–H groups in total. The lowest BCUT2D eigenvalue weighted by atomic mass is 9.91. The Bertz CT molecular complexity index is 446. The summed E-state index contributed by atoms with van der Waals surface area (Å²) in [6, 6.07) is 5.81. The Balaban J connectivity index is 1.84. The van der Waals surface area contributed by atoms with Gasteiger partial charge in [-0.05, 0) is 44.2 Å². The number of halogens is 1. The Morgan fingerprint density at radius 2 is 1.95 bits per heavy atom. The molecule has 1 fully saturated rings. The SMILES string of the molecule is CN(CCC(=O)c1ccc(F)cc1)C1CCCCC1O. The van der Waals surface area contributed by atoms with Crippen LogP contribution in [0.3, 0.4) is 0 Å². The lowest BCUT2D eigenvalue weighted by Gasteiger charge is -2.35. The highest BCUT2D eigenvalue weighted by molar-refractivity contribution is 5.96. The van der Waals surface area contributed by atoms with Crippen LogP contribution in [0.1, 0.15) is 42.5 Å². The van der Waals surface area contributed by atoms with Crippen LogP contribution in [0.4, 0.5) is 4.39 Å². The second-order valence-corrected chi connectivity index (χ2v) is 5.58. The minimum Gasteiger partial charge on any atom is -0.391 e. The number of aliphatic hydroxyl groups excluding tert-OH is 1. The van der Waals surface area contributed by atoms with E-state index < -0.39 is 0 Å². The third-order valence-corrected chi connectivity index (χ3v) is 4.12. The molecule has 20 heavy (non-hydrogen) atoms. The van der Waals surface area contributed by atoms with Crippen LogP contribution in [0.5, 0.6) is 0 Å². The van der Waals surface area contributed by atoms with Crippen LogP contribution >= 0.6 is 0 Å². The number of Topliss-reactive ketones (excluding diaryl/α,β-unsaturated/α-hetero) is 1. The average Bonchev–Trinajstić information content (AvgIpc) is 2.45. The Morgan fingerprint density at radius 1 is 1.30 bits per heavy atom. The van der Waals surface area contributed by atoms with E-state index in [9.17, 15) is 14.3 Å². The lowest BCUT2D eigenvalue weighted by Crippen LogP contribution is -2.44. The summed E-state index contributed by atoms with van der Waals surface area (Å²) in [4.78, 5) is 14.1. The van der Waals surface area contributed by atoms with Crippen molar-refractivity contribution in [1.82, 2.24) is 4.90 Å². The van der Waals surface area contributed by atoms with Crippen LogP contribution in [0.25, 0.3) is 0 Å². The fraction of sp³-hybridized carbons (Fsp3) is 0.562. The lowest BCUT2D eigenvalue weighted by molar-refractivity contribution is 0.0315. The zero-order valence-electron chi connectivity index (χ0n) is 11.9. The Kier molecular flexibility index (Phi) is 5.26. The van der Waals surface area contributed by atoms with Crippen molar-refractivity contribution < 1.29 is 14.3 Å². The molecule has 3 nitrogen and oxygen atoms in total. The topological polar surface area (TPSA) is 40.5 Å². The molecular weight excluding hydrogens is 257 g/mol. The van der Waals surface area contributed by atoms with Gasteiger partial charge in [-0.3, -0.25) is 4.79 Å². The zero-order valence-corrected chi connectivity index (χ0v) is 11.9. The van der Waals surface area contributed by atoms with Gasteiger partial charge >= 0.3 is 0 Å². The van der Waals surface area contributed by atoms with E-state index in [4.69, 9.17) is 0 Å². The molecule has 1 saturated carbocycles. The number of carbonyl (C=O) groups excluding carboxylic acids is 1. The first kappa shape index (κ1) is 15.1. The highest BCUT2D eigenvalue weighted by Crippen LogP contribution is 2.22. The van der Waals surface area contributed by atoms with Gasteiger partial charge in [0.1, 0.15) is 5.82 Å². The summed E-state index contributed by atoms with van der Waals surface area (Å²) in [6.07, 6.45) is 4.17. The number of benzene rings is 1. The van der Waals surface area contributed by atoms with E-state index in [1.165, 1.54) is 24.3 Å². The quantitative estimate of drug-likeness (QED) is 0.842. The third-order valence-electron chi connectivity index (χ3n) is 4.12. The van der Waals surface area contributed by atoms with E-state index in [-0.39, 0.29) is 23.7 Å². The first-order chi connectivity index (χ1) is 9.58. The van der Waals surface area contributed by atoms with E-state index in [2.05, 4.69) is 4.90 Å². The van der Waals surface area contributed by atoms with Gasteiger partial charge in [0.05, 0.1) is 6.10 Å². The Hall–Kier alpha value is -1.26. The molecule has 0 aromatic heterocycles. The standard InChI is InChI=1S/C16H22FNO2/c1-18(14-4-2-3-5-16(14)20)11-10-15(19)12-6-8-13(17)9-7-12/h6-9,14,16,20H,2-5,10-11H2,1H3. The summed E-state index contributed by atoms with van der Waals surface area (Å²) < 4.78 is 12.8. The zero-order chi connectivity index (χ0) is 14.5. The highest BCUT2D eigenvalue weighted by Gasteiger charge is 2.26. The van der Waals surface area contributed by atoms with Crippen LogP contribution < -0.4 is 0 Å². The second kappa shape index (κ2) is 6.95.